The molecule has 0 aliphatic carbocycles. The highest BCUT2D eigenvalue weighted by molar-refractivity contribution is 5.46. The molecule has 0 aromatic heterocycles. The smallest absolute Gasteiger partial charge is 0.136 e. The van der Waals surface area contributed by atoms with Gasteiger partial charge in [0.05, 0.1) is 0 Å². The number of ether oxygens (including phenoxy) is 1. The molecule has 0 N–H and O–H groups in total. The van der Waals surface area contributed by atoms with Gasteiger partial charge in [0.25, 0.3) is 0 Å². The first kappa shape index (κ1) is 11.1. The first-order valence-electron chi connectivity index (χ1n) is 5.58. The monoisotopic (exact) mass is 250 g/mol. The zero-order valence-corrected chi connectivity index (χ0v) is 9.34. The minimum absolute atomic E-state index is 0.122. The van der Waals surface area contributed by atoms with Gasteiger partial charge < -0.3 is 4.74 Å². The van der Waals surface area contributed by atoms with Gasteiger partial charge in [0.15, 0.2) is 0 Å². The van der Waals surface area contributed by atoms with Gasteiger partial charge in [-0.2, -0.15) is 0 Å². The zero-order chi connectivity index (χ0) is 12.7. The van der Waals surface area contributed by atoms with Crippen molar-refractivity contribution in [1.82, 2.24) is 0 Å². The number of halogens is 3. The number of hydrogen-bond donors (Lipinski definition) is 0. The number of rotatable bonds is 0. The Morgan fingerprint density at radius 1 is 0.833 bits per heavy atom. The number of fused-ring (bicyclic) bond motifs is 2. The summed E-state index contributed by atoms with van der Waals surface area (Å²) < 4.78 is 45.8. The Kier molecular flexibility index (Phi) is 2.51. The topological polar surface area (TPSA) is 9.23 Å². The molecule has 4 heteroatoms. The summed E-state index contributed by atoms with van der Waals surface area (Å²) in [7, 11) is 0. The van der Waals surface area contributed by atoms with Crippen molar-refractivity contribution >= 4 is 0 Å². The SMILES string of the molecule is Fc1cc(F)c2c(c1)Oc1cccc(F)c1CC2. The summed E-state index contributed by atoms with van der Waals surface area (Å²) >= 11 is 0. The van der Waals surface area contributed by atoms with E-state index < -0.39 is 11.6 Å². The highest BCUT2D eigenvalue weighted by atomic mass is 19.1. The van der Waals surface area contributed by atoms with Crippen molar-refractivity contribution in [2.45, 2.75) is 12.8 Å². The molecule has 1 aliphatic rings. The summed E-state index contributed by atoms with van der Waals surface area (Å²) in [6.07, 6.45) is 0.618. The van der Waals surface area contributed by atoms with Crippen molar-refractivity contribution in [3.63, 3.8) is 0 Å². The van der Waals surface area contributed by atoms with Gasteiger partial charge in [0, 0.05) is 23.3 Å². The summed E-state index contributed by atoms with van der Waals surface area (Å²) in [6.45, 7) is 0. The van der Waals surface area contributed by atoms with Crippen LogP contribution in [0.1, 0.15) is 11.1 Å². The van der Waals surface area contributed by atoms with Crippen LogP contribution in [-0.2, 0) is 12.8 Å². The summed E-state index contributed by atoms with van der Waals surface area (Å²) in [5.74, 6) is -1.30. The van der Waals surface area contributed by atoms with Crippen molar-refractivity contribution in [3.05, 3.63) is 58.9 Å². The van der Waals surface area contributed by atoms with E-state index in [9.17, 15) is 13.2 Å². The maximum Gasteiger partial charge on any atom is 0.136 e. The third kappa shape index (κ3) is 1.74. The zero-order valence-electron chi connectivity index (χ0n) is 9.34. The lowest BCUT2D eigenvalue weighted by Crippen LogP contribution is -1.95. The molecule has 92 valence electrons. The van der Waals surface area contributed by atoms with Gasteiger partial charge in [-0.1, -0.05) is 6.07 Å². The summed E-state index contributed by atoms with van der Waals surface area (Å²) in [6, 6.07) is 6.37. The van der Waals surface area contributed by atoms with Crippen LogP contribution in [0.4, 0.5) is 13.2 Å². The molecule has 1 heterocycles. The van der Waals surface area contributed by atoms with E-state index in [-0.39, 0.29) is 23.6 Å². The maximum absolute atomic E-state index is 13.6. The lowest BCUT2D eigenvalue weighted by Gasteiger charge is -2.09. The van der Waals surface area contributed by atoms with Crippen molar-refractivity contribution in [1.29, 1.82) is 0 Å². The molecule has 0 bridgehead atoms. The standard InChI is InChI=1S/C14H9F3O/c15-8-6-12(17)10-5-4-9-11(16)2-1-3-13(9)18-14(10)7-8/h1-3,6-7H,4-5H2. The van der Waals surface area contributed by atoms with Gasteiger partial charge in [0.2, 0.25) is 0 Å². The molecule has 0 fully saturated rings. The third-order valence-electron chi connectivity index (χ3n) is 3.04. The second kappa shape index (κ2) is 4.05. The molecular weight excluding hydrogens is 241 g/mol. The lowest BCUT2D eigenvalue weighted by atomic mass is 10.0. The van der Waals surface area contributed by atoms with Gasteiger partial charge in [-0.05, 0) is 25.0 Å². The third-order valence-corrected chi connectivity index (χ3v) is 3.04. The van der Waals surface area contributed by atoms with Crippen LogP contribution in [0, 0.1) is 17.5 Å². The van der Waals surface area contributed by atoms with Crippen LogP contribution in [0.5, 0.6) is 11.5 Å². The quantitative estimate of drug-likeness (QED) is 0.686. The summed E-state index contributed by atoms with van der Waals surface area (Å²) in [5.41, 5.74) is 0.681. The second-order valence-electron chi connectivity index (χ2n) is 4.18. The van der Waals surface area contributed by atoms with E-state index in [0.717, 1.165) is 12.1 Å². The van der Waals surface area contributed by atoms with Gasteiger partial charge in [0.1, 0.15) is 29.0 Å². The Morgan fingerprint density at radius 3 is 2.33 bits per heavy atom. The van der Waals surface area contributed by atoms with Gasteiger partial charge in [-0.3, -0.25) is 0 Å². The minimum Gasteiger partial charge on any atom is -0.456 e. The van der Waals surface area contributed by atoms with Crippen molar-refractivity contribution in [2.75, 3.05) is 0 Å². The van der Waals surface area contributed by atoms with E-state index in [2.05, 4.69) is 0 Å². The van der Waals surface area contributed by atoms with Crippen LogP contribution in [0.3, 0.4) is 0 Å². The second-order valence-corrected chi connectivity index (χ2v) is 4.18. The highest BCUT2D eigenvalue weighted by Crippen LogP contribution is 2.36. The Bertz CT molecular complexity index is 623. The highest BCUT2D eigenvalue weighted by Gasteiger charge is 2.20. The molecule has 18 heavy (non-hydrogen) atoms. The van der Waals surface area contributed by atoms with E-state index in [1.165, 1.54) is 12.1 Å². The molecule has 0 amide bonds. The first-order chi connectivity index (χ1) is 8.65. The Morgan fingerprint density at radius 2 is 1.56 bits per heavy atom. The molecule has 3 rings (SSSR count). The molecule has 0 atom stereocenters. The predicted octanol–water partition coefficient (Wildman–Crippen LogP) is 3.99. The van der Waals surface area contributed by atoms with Crippen LogP contribution in [-0.4, -0.2) is 0 Å². The molecular formula is C14H9F3O. The maximum atomic E-state index is 13.6. The largest absolute Gasteiger partial charge is 0.456 e. The molecule has 0 saturated heterocycles. The molecule has 0 saturated carbocycles. The van der Waals surface area contributed by atoms with Gasteiger partial charge in [-0.25, -0.2) is 13.2 Å². The fourth-order valence-corrected chi connectivity index (χ4v) is 2.16. The fraction of sp³-hybridized carbons (Fsp3) is 0.143. The number of hydrogen-bond acceptors (Lipinski definition) is 1. The molecule has 0 spiro atoms. The van der Waals surface area contributed by atoms with Crippen molar-refractivity contribution in [3.8, 4) is 11.5 Å². The summed E-state index contributed by atoms with van der Waals surface area (Å²) in [4.78, 5) is 0. The average Bonchev–Trinajstić information content (AvgIpc) is 2.48. The van der Waals surface area contributed by atoms with E-state index >= 15 is 0 Å². The molecule has 0 radical (unpaired) electrons. The van der Waals surface area contributed by atoms with Crippen LogP contribution in [0.25, 0.3) is 0 Å². The minimum atomic E-state index is -0.703. The Labute approximate surface area is 102 Å². The van der Waals surface area contributed by atoms with Crippen molar-refractivity contribution < 1.29 is 17.9 Å². The van der Waals surface area contributed by atoms with Gasteiger partial charge in [-0.15, -0.1) is 0 Å². The fourth-order valence-electron chi connectivity index (χ4n) is 2.16. The normalized spacial score (nSPS) is 13.3. The molecule has 1 nitrogen and oxygen atoms in total. The van der Waals surface area contributed by atoms with Crippen LogP contribution >= 0.6 is 0 Å². The number of benzene rings is 2. The molecule has 1 aliphatic heterocycles. The molecule has 2 aromatic rings. The van der Waals surface area contributed by atoms with Crippen LogP contribution in [0.15, 0.2) is 30.3 Å². The summed E-state index contributed by atoms with van der Waals surface area (Å²) in [5, 5.41) is 0. The van der Waals surface area contributed by atoms with E-state index in [4.69, 9.17) is 4.74 Å². The first-order valence-corrected chi connectivity index (χ1v) is 5.58. The van der Waals surface area contributed by atoms with Crippen molar-refractivity contribution in [2.24, 2.45) is 0 Å². The molecule has 0 unspecified atom stereocenters. The Hall–Kier alpha value is -1.97. The average molecular weight is 250 g/mol. The Balaban J connectivity index is 2.15. The lowest BCUT2D eigenvalue weighted by molar-refractivity contribution is 0.459. The predicted molar refractivity (Wildman–Crippen MR) is 60.2 cm³/mol. The van der Waals surface area contributed by atoms with Crippen LogP contribution in [0.2, 0.25) is 0 Å². The van der Waals surface area contributed by atoms with E-state index in [0.29, 0.717) is 17.7 Å². The molecule has 2 aromatic carbocycles. The van der Waals surface area contributed by atoms with Gasteiger partial charge >= 0.3 is 0 Å². The van der Waals surface area contributed by atoms with E-state index in [1.54, 1.807) is 6.07 Å². The van der Waals surface area contributed by atoms with E-state index in [1.807, 2.05) is 0 Å². The van der Waals surface area contributed by atoms with Crippen LogP contribution < -0.4 is 4.74 Å².